The zero-order valence-electron chi connectivity index (χ0n) is 11.4. The van der Waals surface area contributed by atoms with Crippen molar-refractivity contribution in [3.8, 4) is 5.75 Å². The smallest absolute Gasteiger partial charge is 0.340 e. The largest absolute Gasteiger partial charge is 0.379 e. The molecule has 116 valence electrons. The maximum Gasteiger partial charge on any atom is 0.340 e. The van der Waals surface area contributed by atoms with Crippen molar-refractivity contribution in [3.63, 3.8) is 0 Å². The Morgan fingerprint density at radius 1 is 1.00 bits per heavy atom. The normalized spacial score (nSPS) is 15.9. The Bertz CT molecular complexity index is 754. The van der Waals surface area contributed by atoms with Crippen LogP contribution in [0.4, 0.5) is 0 Å². The molecule has 2 aromatic carbocycles. The summed E-state index contributed by atoms with van der Waals surface area (Å²) in [6.45, 7) is 0. The van der Waals surface area contributed by atoms with Gasteiger partial charge in [-0.05, 0) is 29.8 Å². The number of thioether (sulfide) groups is 2. The minimum absolute atomic E-state index is 0.0253. The van der Waals surface area contributed by atoms with E-state index in [4.69, 9.17) is 15.8 Å². The van der Waals surface area contributed by atoms with Crippen molar-refractivity contribution in [2.24, 2.45) is 0 Å². The first-order chi connectivity index (χ1) is 10.6. The van der Waals surface area contributed by atoms with Crippen LogP contribution in [0.25, 0.3) is 0 Å². The van der Waals surface area contributed by atoms with E-state index >= 15 is 0 Å². The van der Waals surface area contributed by atoms with Gasteiger partial charge in [-0.1, -0.05) is 35.9 Å². The van der Waals surface area contributed by atoms with E-state index < -0.39 is 10.1 Å². The lowest BCUT2D eigenvalue weighted by Crippen LogP contribution is -2.10. The third-order valence-corrected chi connectivity index (χ3v) is 7.94. The molecule has 0 aromatic heterocycles. The highest BCUT2D eigenvalue weighted by atomic mass is 35.5. The van der Waals surface area contributed by atoms with Gasteiger partial charge in [0, 0.05) is 11.5 Å². The highest BCUT2D eigenvalue weighted by Crippen LogP contribution is 2.45. The molecule has 0 N–H and O–H groups in total. The Morgan fingerprint density at radius 2 is 1.64 bits per heavy atom. The van der Waals surface area contributed by atoms with Crippen LogP contribution in [0, 0.1) is 0 Å². The minimum Gasteiger partial charge on any atom is -0.379 e. The molecule has 0 bridgehead atoms. The summed E-state index contributed by atoms with van der Waals surface area (Å²) in [5.41, 5.74) is 1.18. The molecule has 2 aromatic rings. The van der Waals surface area contributed by atoms with E-state index in [1.807, 2.05) is 35.7 Å². The van der Waals surface area contributed by atoms with Crippen LogP contribution in [0.1, 0.15) is 10.1 Å². The van der Waals surface area contributed by atoms with Gasteiger partial charge in [-0.2, -0.15) is 8.42 Å². The van der Waals surface area contributed by atoms with Crippen LogP contribution in [0.3, 0.4) is 0 Å². The van der Waals surface area contributed by atoms with Gasteiger partial charge in [0.15, 0.2) is 0 Å². The quantitative estimate of drug-likeness (QED) is 0.734. The Morgan fingerprint density at radius 3 is 2.27 bits per heavy atom. The van der Waals surface area contributed by atoms with Crippen molar-refractivity contribution in [1.29, 1.82) is 0 Å². The van der Waals surface area contributed by atoms with E-state index in [1.165, 1.54) is 17.7 Å². The van der Waals surface area contributed by atoms with Crippen LogP contribution >= 0.6 is 35.1 Å². The molecular formula is C15H13ClO3S3. The minimum atomic E-state index is -3.92. The molecule has 0 unspecified atom stereocenters. The highest BCUT2D eigenvalue weighted by molar-refractivity contribution is 8.19. The number of halogens is 1. The zero-order valence-corrected chi connectivity index (χ0v) is 14.6. The summed E-state index contributed by atoms with van der Waals surface area (Å²) in [6.07, 6.45) is 0. The first-order valence-corrected chi connectivity index (χ1v) is 10.5. The lowest BCUT2D eigenvalue weighted by atomic mass is 10.2. The van der Waals surface area contributed by atoms with Crippen LogP contribution in [0.15, 0.2) is 53.4 Å². The predicted molar refractivity (Wildman–Crippen MR) is 93.4 cm³/mol. The van der Waals surface area contributed by atoms with E-state index in [0.29, 0.717) is 4.58 Å². The Kier molecular flexibility index (Phi) is 4.92. The summed E-state index contributed by atoms with van der Waals surface area (Å²) in [6, 6.07) is 13.4. The van der Waals surface area contributed by atoms with Gasteiger partial charge in [-0.15, -0.1) is 23.5 Å². The van der Waals surface area contributed by atoms with Crippen molar-refractivity contribution in [2.45, 2.75) is 9.48 Å². The molecule has 1 fully saturated rings. The topological polar surface area (TPSA) is 43.4 Å². The summed E-state index contributed by atoms with van der Waals surface area (Å²) in [5, 5.41) is 0.151. The van der Waals surface area contributed by atoms with Crippen LogP contribution < -0.4 is 4.18 Å². The molecule has 7 heteroatoms. The van der Waals surface area contributed by atoms with Gasteiger partial charge in [-0.25, -0.2) is 0 Å². The van der Waals surface area contributed by atoms with Gasteiger partial charge in [0.25, 0.3) is 0 Å². The second kappa shape index (κ2) is 6.74. The van der Waals surface area contributed by atoms with E-state index in [2.05, 4.69) is 0 Å². The molecule has 3 nitrogen and oxygen atoms in total. The second-order valence-electron chi connectivity index (χ2n) is 4.61. The maximum absolute atomic E-state index is 12.2. The van der Waals surface area contributed by atoms with Crippen molar-refractivity contribution in [1.82, 2.24) is 0 Å². The molecule has 3 rings (SSSR count). The molecule has 22 heavy (non-hydrogen) atoms. The molecule has 0 radical (unpaired) electrons. The monoisotopic (exact) mass is 372 g/mol. The summed E-state index contributed by atoms with van der Waals surface area (Å²) < 4.78 is 30.1. The predicted octanol–water partition coefficient (Wildman–Crippen LogP) is 4.59. The van der Waals surface area contributed by atoms with Crippen molar-refractivity contribution in [3.05, 3.63) is 59.1 Å². The number of hydrogen-bond donors (Lipinski definition) is 0. The number of rotatable bonds is 4. The third kappa shape index (κ3) is 3.56. The molecule has 1 aliphatic heterocycles. The summed E-state index contributed by atoms with van der Waals surface area (Å²) in [5.74, 6) is 2.58. The number of benzene rings is 2. The van der Waals surface area contributed by atoms with Crippen LogP contribution in [0.5, 0.6) is 5.75 Å². The first-order valence-electron chi connectivity index (χ1n) is 6.58. The van der Waals surface area contributed by atoms with E-state index in [9.17, 15) is 8.42 Å². The second-order valence-corrected chi connectivity index (χ2v) is 9.26. The maximum atomic E-state index is 12.2. The third-order valence-electron chi connectivity index (χ3n) is 3.09. The van der Waals surface area contributed by atoms with Crippen LogP contribution in [0.2, 0.25) is 5.02 Å². The molecule has 1 heterocycles. The molecule has 0 saturated carbocycles. The molecule has 1 saturated heterocycles. The van der Waals surface area contributed by atoms with Gasteiger partial charge in [0.05, 0.1) is 9.60 Å². The Balaban J connectivity index is 1.79. The summed E-state index contributed by atoms with van der Waals surface area (Å²) >= 11 is 9.72. The van der Waals surface area contributed by atoms with Gasteiger partial charge in [-0.3, -0.25) is 0 Å². The molecule has 1 aliphatic rings. The molecule has 0 amide bonds. The van der Waals surface area contributed by atoms with Gasteiger partial charge < -0.3 is 4.18 Å². The van der Waals surface area contributed by atoms with Crippen LogP contribution in [-0.4, -0.2) is 19.9 Å². The first kappa shape index (κ1) is 16.1. The lowest BCUT2D eigenvalue weighted by molar-refractivity contribution is 0.486. The van der Waals surface area contributed by atoms with Gasteiger partial charge in [0.2, 0.25) is 0 Å². The van der Waals surface area contributed by atoms with Crippen molar-refractivity contribution in [2.75, 3.05) is 11.5 Å². The standard InChI is InChI=1S/C15H13ClO3S3/c16-13-3-1-2-4-14(13)22(17,18)19-12-7-5-11(6-8-12)15-20-9-10-21-15/h1-8,15H,9-10H2. The molecule has 0 spiro atoms. The van der Waals surface area contributed by atoms with E-state index in [0.717, 1.165) is 11.5 Å². The fourth-order valence-electron chi connectivity index (χ4n) is 2.05. The van der Waals surface area contributed by atoms with E-state index in [-0.39, 0.29) is 15.7 Å². The fraction of sp³-hybridized carbons (Fsp3) is 0.200. The van der Waals surface area contributed by atoms with E-state index in [1.54, 1.807) is 24.3 Å². The fourth-order valence-corrected chi connectivity index (χ4v) is 6.34. The zero-order chi connectivity index (χ0) is 15.6. The van der Waals surface area contributed by atoms with Gasteiger partial charge >= 0.3 is 10.1 Å². The molecule has 0 aliphatic carbocycles. The summed E-state index contributed by atoms with van der Waals surface area (Å²) in [4.78, 5) is -0.0253. The lowest BCUT2D eigenvalue weighted by Gasteiger charge is -2.11. The van der Waals surface area contributed by atoms with Gasteiger partial charge in [0.1, 0.15) is 10.6 Å². The van der Waals surface area contributed by atoms with Crippen molar-refractivity contribution >= 4 is 45.2 Å². The SMILES string of the molecule is O=S(=O)(Oc1ccc(C2SCCS2)cc1)c1ccccc1Cl. The molecule has 0 atom stereocenters. The Labute approximate surface area is 143 Å². The Hall–Kier alpha value is -0.820. The summed E-state index contributed by atoms with van der Waals surface area (Å²) in [7, 11) is -3.92. The van der Waals surface area contributed by atoms with Crippen molar-refractivity contribution < 1.29 is 12.6 Å². The van der Waals surface area contributed by atoms with Crippen LogP contribution in [-0.2, 0) is 10.1 Å². The number of hydrogen-bond acceptors (Lipinski definition) is 5. The molecular weight excluding hydrogens is 360 g/mol. The highest BCUT2D eigenvalue weighted by Gasteiger charge is 2.21. The average Bonchev–Trinajstić information content (AvgIpc) is 3.02. The average molecular weight is 373 g/mol.